The zero-order valence-electron chi connectivity index (χ0n) is 8.12. The number of aromatic nitrogens is 2. The number of carboxylic acid groups (broad SMARTS) is 1. The second kappa shape index (κ2) is 4.41. The van der Waals surface area contributed by atoms with Crippen LogP contribution in [0, 0.1) is 0 Å². The molecule has 3 N–H and O–H groups in total. The van der Waals surface area contributed by atoms with Gasteiger partial charge < -0.3 is 10.8 Å². The summed E-state index contributed by atoms with van der Waals surface area (Å²) in [6.07, 6.45) is 5.64. The van der Waals surface area contributed by atoms with E-state index in [1.165, 1.54) is 36.2 Å². The van der Waals surface area contributed by atoms with Crippen LogP contribution >= 0.6 is 0 Å². The Morgan fingerprint density at radius 3 is 2.87 bits per heavy atom. The molecule has 0 saturated carbocycles. The Kier molecular flexibility index (Phi) is 3.22. The van der Waals surface area contributed by atoms with Gasteiger partial charge in [-0.15, -0.1) is 0 Å². The molecule has 0 saturated heterocycles. The lowest BCUT2D eigenvalue weighted by molar-refractivity contribution is -0.140. The van der Waals surface area contributed by atoms with Crippen molar-refractivity contribution in [3.63, 3.8) is 0 Å². The van der Waals surface area contributed by atoms with Crippen molar-refractivity contribution < 1.29 is 14.7 Å². The molecule has 1 aromatic rings. The quantitative estimate of drug-likeness (QED) is 0.683. The summed E-state index contributed by atoms with van der Waals surface area (Å²) in [6.45, 7) is 1.51. The molecule has 1 atom stereocenters. The standard InChI is InChI=1S/C9H11N3O3/c1-6(9(14)15)12-5-7(4-11-12)2-3-8(10)13/h2-6H,1H3,(H2,10,13)(H,14,15)/t6-/m0/s1. The summed E-state index contributed by atoms with van der Waals surface area (Å²) >= 11 is 0. The molecule has 15 heavy (non-hydrogen) atoms. The Bertz CT molecular complexity index is 408. The minimum Gasteiger partial charge on any atom is -0.480 e. The fraction of sp³-hybridized carbons (Fsp3) is 0.222. The predicted octanol–water partition coefficient (Wildman–Crippen LogP) is 0.0272. The first kappa shape index (κ1) is 11.0. The first-order chi connectivity index (χ1) is 7.00. The molecule has 1 aromatic heterocycles. The van der Waals surface area contributed by atoms with Crippen LogP contribution in [0.2, 0.25) is 0 Å². The van der Waals surface area contributed by atoms with Gasteiger partial charge in [0, 0.05) is 17.8 Å². The fourth-order valence-corrected chi connectivity index (χ4v) is 0.942. The van der Waals surface area contributed by atoms with Crippen molar-refractivity contribution in [2.75, 3.05) is 0 Å². The van der Waals surface area contributed by atoms with Gasteiger partial charge in [-0.05, 0) is 13.0 Å². The van der Waals surface area contributed by atoms with Crippen molar-refractivity contribution >= 4 is 18.0 Å². The first-order valence-corrected chi connectivity index (χ1v) is 4.25. The second-order valence-corrected chi connectivity index (χ2v) is 3.00. The number of hydrogen-bond donors (Lipinski definition) is 2. The number of aliphatic carboxylic acids is 1. The van der Waals surface area contributed by atoms with Crippen molar-refractivity contribution in [3.8, 4) is 0 Å². The fourth-order valence-electron chi connectivity index (χ4n) is 0.942. The van der Waals surface area contributed by atoms with Gasteiger partial charge in [0.1, 0.15) is 6.04 Å². The van der Waals surface area contributed by atoms with Crippen molar-refractivity contribution in [1.29, 1.82) is 0 Å². The van der Waals surface area contributed by atoms with Crippen LogP contribution < -0.4 is 5.73 Å². The lowest BCUT2D eigenvalue weighted by Gasteiger charge is -2.04. The molecule has 0 aromatic carbocycles. The maximum Gasteiger partial charge on any atom is 0.328 e. The zero-order chi connectivity index (χ0) is 11.4. The highest BCUT2D eigenvalue weighted by molar-refractivity contribution is 5.90. The smallest absolute Gasteiger partial charge is 0.328 e. The minimum absolute atomic E-state index is 0.561. The largest absolute Gasteiger partial charge is 0.480 e. The number of nitrogens with two attached hydrogens (primary N) is 1. The molecular formula is C9H11N3O3. The van der Waals surface area contributed by atoms with Crippen molar-refractivity contribution in [3.05, 3.63) is 24.0 Å². The van der Waals surface area contributed by atoms with Gasteiger partial charge >= 0.3 is 5.97 Å². The third kappa shape index (κ3) is 2.94. The maximum atomic E-state index is 10.6. The molecule has 1 heterocycles. The number of primary amides is 1. The normalized spacial score (nSPS) is 12.9. The third-order valence-corrected chi connectivity index (χ3v) is 1.82. The first-order valence-electron chi connectivity index (χ1n) is 4.25. The van der Waals surface area contributed by atoms with Gasteiger partial charge in [-0.1, -0.05) is 0 Å². The molecule has 80 valence electrons. The second-order valence-electron chi connectivity index (χ2n) is 3.00. The van der Waals surface area contributed by atoms with E-state index < -0.39 is 17.9 Å². The summed E-state index contributed by atoms with van der Waals surface area (Å²) in [5.41, 5.74) is 5.53. The Labute approximate surface area is 86.0 Å². The monoisotopic (exact) mass is 209 g/mol. The molecule has 0 unspecified atom stereocenters. The number of amides is 1. The minimum atomic E-state index is -0.969. The highest BCUT2D eigenvalue weighted by Crippen LogP contribution is 2.07. The van der Waals surface area contributed by atoms with Gasteiger partial charge in [-0.2, -0.15) is 5.10 Å². The maximum absolute atomic E-state index is 10.6. The van der Waals surface area contributed by atoms with Crippen LogP contribution in [0.5, 0.6) is 0 Å². The van der Waals surface area contributed by atoms with Gasteiger partial charge in [0.25, 0.3) is 0 Å². The summed E-state index contributed by atoms with van der Waals surface area (Å²) in [5.74, 6) is -1.53. The third-order valence-electron chi connectivity index (χ3n) is 1.82. The highest BCUT2D eigenvalue weighted by atomic mass is 16.4. The summed E-state index contributed by atoms with van der Waals surface area (Å²) in [7, 11) is 0. The van der Waals surface area contributed by atoms with Crippen LogP contribution in [0.1, 0.15) is 18.5 Å². The zero-order valence-corrected chi connectivity index (χ0v) is 8.12. The molecule has 6 heteroatoms. The molecule has 0 aliphatic rings. The Morgan fingerprint density at radius 2 is 2.33 bits per heavy atom. The van der Waals surface area contributed by atoms with E-state index in [1.54, 1.807) is 0 Å². The average molecular weight is 209 g/mol. The number of hydrogen-bond acceptors (Lipinski definition) is 3. The molecule has 6 nitrogen and oxygen atoms in total. The van der Waals surface area contributed by atoms with E-state index in [0.717, 1.165) is 0 Å². The van der Waals surface area contributed by atoms with E-state index in [0.29, 0.717) is 5.56 Å². The molecule has 0 radical (unpaired) electrons. The summed E-state index contributed by atoms with van der Waals surface area (Å²) < 4.78 is 1.29. The van der Waals surface area contributed by atoms with E-state index in [2.05, 4.69) is 5.10 Å². The molecular weight excluding hydrogens is 198 g/mol. The number of carbonyl (C=O) groups is 2. The molecule has 0 aliphatic heterocycles. The van der Waals surface area contributed by atoms with E-state index >= 15 is 0 Å². The summed E-state index contributed by atoms with van der Waals surface area (Å²) in [4.78, 5) is 21.1. The van der Waals surface area contributed by atoms with E-state index in [4.69, 9.17) is 10.8 Å². The lowest BCUT2D eigenvalue weighted by Crippen LogP contribution is -2.15. The van der Waals surface area contributed by atoms with E-state index in [-0.39, 0.29) is 0 Å². The number of carbonyl (C=O) groups excluding carboxylic acids is 1. The van der Waals surface area contributed by atoms with Crippen LogP contribution in [0.4, 0.5) is 0 Å². The van der Waals surface area contributed by atoms with E-state index in [9.17, 15) is 9.59 Å². The summed E-state index contributed by atoms with van der Waals surface area (Å²) in [6, 6.07) is -0.735. The van der Waals surface area contributed by atoms with Crippen molar-refractivity contribution in [1.82, 2.24) is 9.78 Å². The Morgan fingerprint density at radius 1 is 1.67 bits per heavy atom. The Hall–Kier alpha value is -2.11. The highest BCUT2D eigenvalue weighted by Gasteiger charge is 2.13. The SMILES string of the molecule is C[C@@H](C(=O)O)n1cc(C=CC(N)=O)cn1. The van der Waals surface area contributed by atoms with Crippen molar-refractivity contribution in [2.45, 2.75) is 13.0 Å². The van der Waals surface area contributed by atoms with Gasteiger partial charge in [0.15, 0.2) is 0 Å². The molecule has 0 spiro atoms. The topological polar surface area (TPSA) is 98.2 Å². The molecule has 1 rings (SSSR count). The summed E-state index contributed by atoms with van der Waals surface area (Å²) in [5, 5.41) is 12.6. The molecule has 0 fully saturated rings. The van der Waals surface area contributed by atoms with Crippen LogP contribution in [0.15, 0.2) is 18.5 Å². The number of nitrogens with zero attached hydrogens (tertiary/aromatic N) is 2. The van der Waals surface area contributed by atoms with Crippen LogP contribution in [-0.4, -0.2) is 26.8 Å². The number of rotatable bonds is 4. The van der Waals surface area contributed by atoms with Gasteiger partial charge in [-0.25, -0.2) is 4.79 Å². The average Bonchev–Trinajstić information content (AvgIpc) is 2.61. The van der Waals surface area contributed by atoms with Gasteiger partial charge in [0.2, 0.25) is 5.91 Å². The van der Waals surface area contributed by atoms with Crippen LogP contribution in [0.25, 0.3) is 6.08 Å². The predicted molar refractivity (Wildman–Crippen MR) is 52.8 cm³/mol. The Balaban J connectivity index is 2.81. The van der Waals surface area contributed by atoms with E-state index in [1.807, 2.05) is 0 Å². The van der Waals surface area contributed by atoms with Gasteiger partial charge in [0.05, 0.1) is 6.20 Å². The molecule has 0 bridgehead atoms. The van der Waals surface area contributed by atoms with Gasteiger partial charge in [-0.3, -0.25) is 9.48 Å². The molecule has 1 amide bonds. The van der Waals surface area contributed by atoms with Crippen LogP contribution in [-0.2, 0) is 9.59 Å². The molecule has 0 aliphatic carbocycles. The van der Waals surface area contributed by atoms with Crippen molar-refractivity contribution in [2.24, 2.45) is 5.73 Å². The number of carboxylic acids is 1. The van der Waals surface area contributed by atoms with Crippen LogP contribution in [0.3, 0.4) is 0 Å². The lowest BCUT2D eigenvalue weighted by atomic mass is 10.3.